The Kier molecular flexibility index (Phi) is 6.94. The minimum atomic E-state index is -0.794. The van der Waals surface area contributed by atoms with E-state index < -0.39 is 23.7 Å². The van der Waals surface area contributed by atoms with Crippen molar-refractivity contribution in [3.63, 3.8) is 0 Å². The Bertz CT molecular complexity index is 585. The van der Waals surface area contributed by atoms with Gasteiger partial charge in [0.25, 0.3) is 0 Å². The number of hydrogen-bond donors (Lipinski definition) is 3. The molecule has 8 heteroatoms. The van der Waals surface area contributed by atoms with Gasteiger partial charge in [-0.05, 0) is 32.4 Å². The Morgan fingerprint density at radius 1 is 1.12 bits per heavy atom. The first-order chi connectivity index (χ1) is 11.1. The molecule has 0 radical (unpaired) electrons. The predicted octanol–water partition coefficient (Wildman–Crippen LogP) is 2.46. The molecule has 6 nitrogen and oxygen atoms in total. The minimum Gasteiger partial charge on any atom is -0.373 e. The second-order valence-corrected chi connectivity index (χ2v) is 5.82. The van der Waals surface area contributed by atoms with Crippen LogP contribution in [0.5, 0.6) is 0 Å². The zero-order valence-corrected chi connectivity index (χ0v) is 14.5. The minimum absolute atomic E-state index is 0.00780. The van der Waals surface area contributed by atoms with Crippen LogP contribution >= 0.6 is 0 Å². The van der Waals surface area contributed by atoms with Gasteiger partial charge in [-0.1, -0.05) is 6.92 Å². The van der Waals surface area contributed by atoms with E-state index >= 15 is 0 Å². The lowest BCUT2D eigenvalue weighted by molar-refractivity contribution is -0.123. The number of carbonyl (C=O) groups is 2. The van der Waals surface area contributed by atoms with E-state index in [-0.39, 0.29) is 23.3 Å². The molecule has 0 unspecified atom stereocenters. The lowest BCUT2D eigenvalue weighted by Crippen LogP contribution is -2.48. The number of benzene rings is 1. The van der Waals surface area contributed by atoms with Crippen molar-refractivity contribution in [1.82, 2.24) is 10.6 Å². The topological polar surface area (TPSA) is 73.5 Å². The van der Waals surface area contributed by atoms with Gasteiger partial charge in [-0.3, -0.25) is 4.79 Å². The molecular weight excluding hydrogens is 318 g/mol. The predicted molar refractivity (Wildman–Crippen MR) is 90.2 cm³/mol. The lowest BCUT2D eigenvalue weighted by Gasteiger charge is -2.18. The van der Waals surface area contributed by atoms with Gasteiger partial charge >= 0.3 is 6.03 Å². The molecule has 24 heavy (non-hydrogen) atoms. The molecule has 0 aromatic heterocycles. The molecule has 0 saturated carbocycles. The van der Waals surface area contributed by atoms with E-state index in [0.29, 0.717) is 0 Å². The SMILES string of the molecule is CC[C@H](C)NC(=O)[C@H](C)NC(=O)Nc1cc(F)c(N(C)C)c(F)c1. The summed E-state index contributed by atoms with van der Waals surface area (Å²) in [6.45, 7) is 5.30. The fourth-order valence-corrected chi connectivity index (χ4v) is 1.96. The maximum atomic E-state index is 13.9. The van der Waals surface area contributed by atoms with Gasteiger partial charge in [0.1, 0.15) is 11.7 Å². The van der Waals surface area contributed by atoms with Gasteiger partial charge in [0.2, 0.25) is 5.91 Å². The zero-order chi connectivity index (χ0) is 18.4. The van der Waals surface area contributed by atoms with Crippen molar-refractivity contribution in [1.29, 1.82) is 0 Å². The monoisotopic (exact) mass is 342 g/mol. The number of anilines is 2. The Labute approximate surface area is 140 Å². The van der Waals surface area contributed by atoms with Crippen molar-refractivity contribution in [2.75, 3.05) is 24.3 Å². The molecule has 1 aromatic rings. The maximum Gasteiger partial charge on any atom is 0.319 e. The number of amides is 3. The second-order valence-electron chi connectivity index (χ2n) is 5.82. The summed E-state index contributed by atoms with van der Waals surface area (Å²) in [7, 11) is 3.03. The molecule has 1 rings (SSSR count). The van der Waals surface area contributed by atoms with E-state index in [1.165, 1.54) is 25.9 Å². The summed E-state index contributed by atoms with van der Waals surface area (Å²) in [5.41, 5.74) is -0.232. The highest BCUT2D eigenvalue weighted by atomic mass is 19.1. The average Bonchev–Trinajstić information content (AvgIpc) is 2.45. The molecule has 0 aliphatic rings. The molecule has 0 heterocycles. The maximum absolute atomic E-state index is 13.9. The van der Waals surface area contributed by atoms with Crippen LogP contribution in [0.25, 0.3) is 0 Å². The third-order valence-electron chi connectivity index (χ3n) is 3.46. The Balaban J connectivity index is 2.70. The number of hydrogen-bond acceptors (Lipinski definition) is 3. The highest BCUT2D eigenvalue weighted by molar-refractivity contribution is 5.93. The van der Waals surface area contributed by atoms with Crippen LogP contribution < -0.4 is 20.9 Å². The van der Waals surface area contributed by atoms with Crippen LogP contribution in [0, 0.1) is 11.6 Å². The molecule has 134 valence electrons. The van der Waals surface area contributed by atoms with Gasteiger partial charge in [-0.15, -0.1) is 0 Å². The third kappa shape index (κ3) is 5.36. The fraction of sp³-hybridized carbons (Fsp3) is 0.500. The largest absolute Gasteiger partial charge is 0.373 e. The molecule has 0 fully saturated rings. The first-order valence-corrected chi connectivity index (χ1v) is 7.70. The summed E-state index contributed by atoms with van der Waals surface area (Å²) >= 11 is 0. The van der Waals surface area contributed by atoms with E-state index in [0.717, 1.165) is 18.6 Å². The molecule has 0 spiro atoms. The van der Waals surface area contributed by atoms with E-state index in [1.54, 1.807) is 0 Å². The number of rotatable bonds is 6. The van der Waals surface area contributed by atoms with Gasteiger partial charge in [-0.25, -0.2) is 13.6 Å². The van der Waals surface area contributed by atoms with Crippen molar-refractivity contribution in [2.45, 2.75) is 39.3 Å². The normalized spacial score (nSPS) is 13.0. The fourth-order valence-electron chi connectivity index (χ4n) is 1.96. The molecule has 0 bridgehead atoms. The third-order valence-corrected chi connectivity index (χ3v) is 3.46. The summed E-state index contributed by atoms with van der Waals surface area (Å²) in [6, 6.07) is 0.517. The molecule has 0 aliphatic heterocycles. The standard InChI is InChI=1S/C16H24F2N4O2/c1-6-9(2)19-15(23)10(3)20-16(24)21-11-7-12(17)14(22(4)5)13(18)8-11/h7-10H,6H2,1-5H3,(H,19,23)(H2,20,21,24)/t9-,10-/m0/s1. The van der Waals surface area contributed by atoms with E-state index in [4.69, 9.17) is 0 Å². The Morgan fingerprint density at radius 3 is 2.12 bits per heavy atom. The molecule has 3 N–H and O–H groups in total. The van der Waals surface area contributed by atoms with Crippen molar-refractivity contribution >= 4 is 23.3 Å². The molecular formula is C16H24F2N4O2. The summed E-state index contributed by atoms with van der Waals surface area (Å²) < 4.78 is 27.7. The van der Waals surface area contributed by atoms with Crippen LogP contribution in [-0.4, -0.2) is 38.1 Å². The van der Waals surface area contributed by atoms with Crippen molar-refractivity contribution in [3.8, 4) is 0 Å². The first kappa shape index (κ1) is 19.7. The van der Waals surface area contributed by atoms with Gasteiger partial charge < -0.3 is 20.9 Å². The Morgan fingerprint density at radius 2 is 1.67 bits per heavy atom. The molecule has 1 aromatic carbocycles. The van der Waals surface area contributed by atoms with E-state index in [2.05, 4.69) is 16.0 Å². The quantitative estimate of drug-likeness (QED) is 0.743. The van der Waals surface area contributed by atoms with Gasteiger partial charge in [0, 0.05) is 25.8 Å². The number of carbonyl (C=O) groups excluding carboxylic acids is 2. The zero-order valence-electron chi connectivity index (χ0n) is 14.5. The molecule has 0 aliphatic carbocycles. The van der Waals surface area contributed by atoms with Crippen LogP contribution in [0.1, 0.15) is 27.2 Å². The van der Waals surface area contributed by atoms with Crippen molar-refractivity contribution < 1.29 is 18.4 Å². The summed E-state index contributed by atoms with van der Waals surface area (Å²) in [6.07, 6.45) is 0.765. The lowest BCUT2D eigenvalue weighted by atomic mass is 10.2. The van der Waals surface area contributed by atoms with Gasteiger partial charge in [0.15, 0.2) is 11.6 Å². The van der Waals surface area contributed by atoms with E-state index in [1.807, 2.05) is 13.8 Å². The van der Waals surface area contributed by atoms with Crippen LogP contribution in [0.3, 0.4) is 0 Å². The van der Waals surface area contributed by atoms with Crippen LogP contribution in [-0.2, 0) is 4.79 Å². The van der Waals surface area contributed by atoms with Crippen molar-refractivity contribution in [2.24, 2.45) is 0 Å². The number of urea groups is 1. The van der Waals surface area contributed by atoms with Crippen LogP contribution in [0.2, 0.25) is 0 Å². The highest BCUT2D eigenvalue weighted by Gasteiger charge is 2.18. The number of halogens is 2. The van der Waals surface area contributed by atoms with Gasteiger partial charge in [0.05, 0.1) is 0 Å². The smallest absolute Gasteiger partial charge is 0.319 e. The molecule has 3 amide bonds. The second kappa shape index (κ2) is 8.47. The number of nitrogens with zero attached hydrogens (tertiary/aromatic N) is 1. The highest BCUT2D eigenvalue weighted by Crippen LogP contribution is 2.25. The first-order valence-electron chi connectivity index (χ1n) is 7.70. The summed E-state index contributed by atoms with van der Waals surface area (Å²) in [5.74, 6) is -1.92. The molecule has 2 atom stereocenters. The van der Waals surface area contributed by atoms with Gasteiger partial charge in [-0.2, -0.15) is 0 Å². The Hall–Kier alpha value is -2.38. The number of nitrogens with one attached hydrogen (secondary N) is 3. The van der Waals surface area contributed by atoms with Crippen LogP contribution in [0.15, 0.2) is 12.1 Å². The van der Waals surface area contributed by atoms with Crippen molar-refractivity contribution in [3.05, 3.63) is 23.8 Å². The van der Waals surface area contributed by atoms with E-state index in [9.17, 15) is 18.4 Å². The summed E-state index contributed by atoms with van der Waals surface area (Å²) in [5, 5.41) is 7.46. The summed E-state index contributed by atoms with van der Waals surface area (Å²) in [4.78, 5) is 25.0. The molecule has 0 saturated heterocycles. The van der Waals surface area contributed by atoms with Crippen LogP contribution in [0.4, 0.5) is 25.0 Å². The average molecular weight is 342 g/mol.